The van der Waals surface area contributed by atoms with Crippen LogP contribution in [0.25, 0.3) is 10.8 Å². The number of hydrogen-bond acceptors (Lipinski definition) is 2. The number of rotatable bonds is 2. The number of nitro benzene ring substituents is 1. The van der Waals surface area contributed by atoms with Crippen LogP contribution in [0.1, 0.15) is 31.7 Å². The van der Waals surface area contributed by atoms with Gasteiger partial charge in [-0.15, -0.1) is 11.6 Å². The molecular formula is C15H16ClNO2. The molecule has 2 aromatic rings. The molecule has 0 saturated carbocycles. The Hall–Kier alpha value is -1.61. The monoisotopic (exact) mass is 277 g/mol. The van der Waals surface area contributed by atoms with Crippen LogP contribution in [0, 0.1) is 15.5 Å². The second kappa shape index (κ2) is 4.82. The number of fused-ring (bicyclic) bond motifs is 1. The second-order valence-corrected chi connectivity index (χ2v) is 6.14. The zero-order valence-electron chi connectivity index (χ0n) is 11.2. The molecule has 0 N–H and O–H groups in total. The standard InChI is InChI=1S/C15H16ClNO2/c1-15(2,3)14(16)12-8-4-7-11-10(12)6-5-9-13(11)17(18)19/h4-9,14H,1-3H3. The van der Waals surface area contributed by atoms with Crippen LogP contribution in [0.5, 0.6) is 0 Å². The summed E-state index contributed by atoms with van der Waals surface area (Å²) >= 11 is 6.52. The summed E-state index contributed by atoms with van der Waals surface area (Å²) in [7, 11) is 0. The minimum atomic E-state index is -0.355. The molecule has 0 spiro atoms. The van der Waals surface area contributed by atoms with Crippen LogP contribution >= 0.6 is 11.6 Å². The lowest BCUT2D eigenvalue weighted by atomic mass is 9.85. The van der Waals surface area contributed by atoms with E-state index >= 15 is 0 Å². The summed E-state index contributed by atoms with van der Waals surface area (Å²) in [6, 6.07) is 10.6. The Balaban J connectivity index is 2.72. The molecule has 0 heterocycles. The van der Waals surface area contributed by atoms with Crippen LogP contribution in [0.15, 0.2) is 36.4 Å². The molecule has 1 atom stereocenters. The fraction of sp³-hybridized carbons (Fsp3) is 0.333. The summed E-state index contributed by atoms with van der Waals surface area (Å²) in [5.41, 5.74) is 0.952. The molecule has 2 aromatic carbocycles. The first-order chi connectivity index (χ1) is 8.82. The summed E-state index contributed by atoms with van der Waals surface area (Å²) in [6.45, 7) is 6.17. The van der Waals surface area contributed by atoms with Crippen LogP contribution in [-0.2, 0) is 0 Å². The summed E-state index contributed by atoms with van der Waals surface area (Å²) in [4.78, 5) is 10.7. The van der Waals surface area contributed by atoms with E-state index in [0.29, 0.717) is 5.39 Å². The van der Waals surface area contributed by atoms with Crippen LogP contribution in [0.2, 0.25) is 0 Å². The van der Waals surface area contributed by atoms with E-state index in [1.165, 1.54) is 6.07 Å². The molecule has 0 bridgehead atoms. The molecule has 0 saturated heterocycles. The largest absolute Gasteiger partial charge is 0.277 e. The van der Waals surface area contributed by atoms with E-state index in [-0.39, 0.29) is 21.4 Å². The average Bonchev–Trinajstić information content (AvgIpc) is 2.35. The second-order valence-electron chi connectivity index (χ2n) is 5.71. The van der Waals surface area contributed by atoms with Gasteiger partial charge in [0.2, 0.25) is 0 Å². The van der Waals surface area contributed by atoms with Gasteiger partial charge in [0, 0.05) is 6.07 Å². The van der Waals surface area contributed by atoms with Crippen LogP contribution in [0.3, 0.4) is 0 Å². The highest BCUT2D eigenvalue weighted by molar-refractivity contribution is 6.22. The van der Waals surface area contributed by atoms with Gasteiger partial charge in [0.25, 0.3) is 5.69 Å². The summed E-state index contributed by atoms with van der Waals surface area (Å²) in [6.07, 6.45) is 0. The normalized spacial score (nSPS) is 13.5. The molecule has 4 heteroatoms. The molecule has 1 unspecified atom stereocenters. The van der Waals surface area contributed by atoms with E-state index in [4.69, 9.17) is 11.6 Å². The minimum absolute atomic E-state index is 0.111. The molecule has 3 nitrogen and oxygen atoms in total. The van der Waals surface area contributed by atoms with Gasteiger partial charge in [-0.25, -0.2) is 0 Å². The van der Waals surface area contributed by atoms with Gasteiger partial charge in [-0.1, -0.05) is 45.0 Å². The number of alkyl halides is 1. The maximum Gasteiger partial charge on any atom is 0.277 e. The lowest BCUT2D eigenvalue weighted by Crippen LogP contribution is -2.13. The van der Waals surface area contributed by atoms with E-state index in [0.717, 1.165) is 10.9 Å². The number of hydrogen-bond donors (Lipinski definition) is 0. The molecule has 0 aliphatic carbocycles. The highest BCUT2D eigenvalue weighted by Gasteiger charge is 2.26. The smallest absolute Gasteiger partial charge is 0.258 e. The topological polar surface area (TPSA) is 43.1 Å². The van der Waals surface area contributed by atoms with Crippen LogP contribution in [0.4, 0.5) is 5.69 Å². The molecular weight excluding hydrogens is 262 g/mol. The Morgan fingerprint density at radius 2 is 1.68 bits per heavy atom. The van der Waals surface area contributed by atoms with Crippen molar-refractivity contribution in [3.05, 3.63) is 52.1 Å². The molecule has 0 amide bonds. The Bertz CT molecular complexity index is 632. The number of benzene rings is 2. The Morgan fingerprint density at radius 3 is 2.26 bits per heavy atom. The zero-order chi connectivity index (χ0) is 14.2. The van der Waals surface area contributed by atoms with E-state index in [1.807, 2.05) is 18.2 Å². The van der Waals surface area contributed by atoms with Crippen molar-refractivity contribution in [3.63, 3.8) is 0 Å². The van der Waals surface area contributed by atoms with Gasteiger partial charge in [-0.2, -0.15) is 0 Å². The zero-order valence-corrected chi connectivity index (χ0v) is 11.9. The minimum Gasteiger partial charge on any atom is -0.258 e. The van der Waals surface area contributed by atoms with E-state index in [2.05, 4.69) is 20.8 Å². The highest BCUT2D eigenvalue weighted by Crippen LogP contribution is 2.42. The third kappa shape index (κ3) is 2.56. The van der Waals surface area contributed by atoms with Gasteiger partial charge in [0.1, 0.15) is 0 Å². The third-order valence-electron chi connectivity index (χ3n) is 3.16. The molecule has 19 heavy (non-hydrogen) atoms. The van der Waals surface area contributed by atoms with Crippen molar-refractivity contribution >= 4 is 28.1 Å². The van der Waals surface area contributed by atoms with Gasteiger partial charge < -0.3 is 0 Å². The van der Waals surface area contributed by atoms with Gasteiger partial charge >= 0.3 is 0 Å². The molecule has 0 aliphatic rings. The first-order valence-corrected chi connectivity index (χ1v) is 6.56. The summed E-state index contributed by atoms with van der Waals surface area (Å²) in [5, 5.41) is 12.4. The summed E-state index contributed by atoms with van der Waals surface area (Å²) in [5.74, 6) is 0. The third-order valence-corrected chi connectivity index (χ3v) is 4.05. The Kier molecular flexibility index (Phi) is 3.50. The summed E-state index contributed by atoms with van der Waals surface area (Å²) < 4.78 is 0. The van der Waals surface area contributed by atoms with Gasteiger partial charge in [-0.3, -0.25) is 10.1 Å². The fourth-order valence-electron chi connectivity index (χ4n) is 2.16. The van der Waals surface area contributed by atoms with E-state index in [1.54, 1.807) is 12.1 Å². The lowest BCUT2D eigenvalue weighted by molar-refractivity contribution is -0.383. The Morgan fingerprint density at radius 1 is 1.11 bits per heavy atom. The van der Waals surface area contributed by atoms with Gasteiger partial charge in [0.15, 0.2) is 0 Å². The van der Waals surface area contributed by atoms with Crippen molar-refractivity contribution in [1.29, 1.82) is 0 Å². The maximum absolute atomic E-state index is 11.1. The van der Waals surface area contributed by atoms with Gasteiger partial charge in [-0.05, 0) is 22.4 Å². The SMILES string of the molecule is CC(C)(C)C(Cl)c1cccc2c([N+](=O)[O-])cccc12. The van der Waals surface area contributed by atoms with Crippen molar-refractivity contribution in [2.75, 3.05) is 0 Å². The lowest BCUT2D eigenvalue weighted by Gasteiger charge is -2.26. The van der Waals surface area contributed by atoms with Crippen LogP contribution < -0.4 is 0 Å². The fourth-order valence-corrected chi connectivity index (χ4v) is 2.35. The predicted octanol–water partition coefficient (Wildman–Crippen LogP) is 5.07. The Labute approximate surface area is 117 Å². The molecule has 100 valence electrons. The predicted molar refractivity (Wildman–Crippen MR) is 78.7 cm³/mol. The average molecular weight is 278 g/mol. The molecule has 0 fully saturated rings. The number of halogens is 1. The first-order valence-electron chi connectivity index (χ1n) is 6.12. The van der Waals surface area contributed by atoms with E-state index in [9.17, 15) is 10.1 Å². The van der Waals surface area contributed by atoms with Gasteiger partial charge in [0.05, 0.1) is 15.7 Å². The van der Waals surface area contributed by atoms with Crippen molar-refractivity contribution in [2.45, 2.75) is 26.1 Å². The van der Waals surface area contributed by atoms with E-state index < -0.39 is 0 Å². The molecule has 0 aliphatic heterocycles. The van der Waals surface area contributed by atoms with Crippen molar-refractivity contribution < 1.29 is 4.92 Å². The van der Waals surface area contributed by atoms with Crippen molar-refractivity contribution in [3.8, 4) is 0 Å². The van der Waals surface area contributed by atoms with Crippen LogP contribution in [-0.4, -0.2) is 4.92 Å². The number of non-ortho nitro benzene ring substituents is 1. The highest BCUT2D eigenvalue weighted by atomic mass is 35.5. The quantitative estimate of drug-likeness (QED) is 0.437. The first kappa shape index (κ1) is 13.8. The molecule has 0 aromatic heterocycles. The molecule has 2 rings (SSSR count). The van der Waals surface area contributed by atoms with Crippen molar-refractivity contribution in [1.82, 2.24) is 0 Å². The number of nitro groups is 1. The maximum atomic E-state index is 11.1. The van der Waals surface area contributed by atoms with Crippen molar-refractivity contribution in [2.24, 2.45) is 5.41 Å². The molecule has 0 radical (unpaired) electrons. The number of nitrogens with zero attached hydrogens (tertiary/aromatic N) is 1.